The van der Waals surface area contributed by atoms with Crippen molar-refractivity contribution in [1.82, 2.24) is 24.3 Å². The molecule has 0 aliphatic carbocycles. The standard InChI is InChI=1S/C21H25N5O5S/c1-15-8-10-16(11-9-15)32(30,31)24(2)14-20(28)23-22-19(27)12-13-26-18-7-5-4-6-17(18)25(3)21(26)29/h4-11H,12-14H2,1-3H3,(H,22,27)(H,23,28). The Kier molecular flexibility index (Phi) is 6.80. The molecule has 1 heterocycles. The van der Waals surface area contributed by atoms with E-state index in [0.29, 0.717) is 5.52 Å². The van der Waals surface area contributed by atoms with Gasteiger partial charge >= 0.3 is 5.69 Å². The summed E-state index contributed by atoms with van der Waals surface area (Å²) in [5, 5.41) is 0. The van der Waals surface area contributed by atoms with Gasteiger partial charge in [-0.2, -0.15) is 4.31 Å². The van der Waals surface area contributed by atoms with Crippen molar-refractivity contribution in [3.05, 3.63) is 64.6 Å². The maximum absolute atomic E-state index is 12.5. The van der Waals surface area contributed by atoms with Gasteiger partial charge in [-0.25, -0.2) is 13.2 Å². The van der Waals surface area contributed by atoms with Crippen LogP contribution in [-0.2, 0) is 33.2 Å². The van der Waals surface area contributed by atoms with Crippen molar-refractivity contribution in [3.63, 3.8) is 0 Å². The fourth-order valence-electron chi connectivity index (χ4n) is 3.21. The number of amides is 2. The van der Waals surface area contributed by atoms with Crippen LogP contribution in [-0.4, -0.2) is 47.3 Å². The molecule has 0 atom stereocenters. The van der Waals surface area contributed by atoms with E-state index in [0.717, 1.165) is 15.4 Å². The van der Waals surface area contributed by atoms with Crippen molar-refractivity contribution in [2.75, 3.05) is 13.6 Å². The zero-order valence-electron chi connectivity index (χ0n) is 18.0. The average molecular weight is 460 g/mol. The van der Waals surface area contributed by atoms with E-state index in [1.54, 1.807) is 31.3 Å². The lowest BCUT2D eigenvalue weighted by Gasteiger charge is -2.17. The molecule has 0 aliphatic heterocycles. The minimum atomic E-state index is -3.84. The van der Waals surface area contributed by atoms with Gasteiger partial charge in [0.15, 0.2) is 0 Å². The van der Waals surface area contributed by atoms with Gasteiger partial charge in [0.1, 0.15) is 0 Å². The van der Waals surface area contributed by atoms with E-state index in [1.165, 1.54) is 28.3 Å². The molecule has 0 saturated heterocycles. The predicted octanol–water partition coefficient (Wildman–Crippen LogP) is 0.507. The molecule has 0 aliphatic rings. The Morgan fingerprint density at radius 2 is 1.56 bits per heavy atom. The number of hydrogen-bond acceptors (Lipinski definition) is 5. The summed E-state index contributed by atoms with van der Waals surface area (Å²) >= 11 is 0. The normalized spacial score (nSPS) is 11.6. The van der Waals surface area contributed by atoms with Crippen molar-refractivity contribution >= 4 is 32.9 Å². The number of para-hydroxylation sites is 2. The number of fused-ring (bicyclic) bond motifs is 1. The SMILES string of the molecule is Cc1ccc(S(=O)(=O)N(C)CC(=O)NNC(=O)CCn2c(=O)n(C)c3ccccc32)cc1. The second kappa shape index (κ2) is 9.37. The van der Waals surface area contributed by atoms with Crippen LogP contribution in [0, 0.1) is 6.92 Å². The lowest BCUT2D eigenvalue weighted by Crippen LogP contribution is -2.47. The van der Waals surface area contributed by atoms with E-state index >= 15 is 0 Å². The summed E-state index contributed by atoms with van der Waals surface area (Å²) in [6.07, 6.45) is -0.0499. The second-order valence-corrected chi connectivity index (χ2v) is 9.45. The zero-order chi connectivity index (χ0) is 23.5. The number of carbonyl (C=O) groups is 2. The van der Waals surface area contributed by atoms with Crippen molar-refractivity contribution in [3.8, 4) is 0 Å². The summed E-state index contributed by atoms with van der Waals surface area (Å²) in [6, 6.07) is 13.5. The molecule has 32 heavy (non-hydrogen) atoms. The quantitative estimate of drug-likeness (QED) is 0.499. The van der Waals surface area contributed by atoms with E-state index < -0.39 is 28.4 Å². The summed E-state index contributed by atoms with van der Waals surface area (Å²) in [7, 11) is -0.903. The van der Waals surface area contributed by atoms with Gasteiger partial charge < -0.3 is 0 Å². The molecule has 0 unspecified atom stereocenters. The molecule has 0 spiro atoms. The number of hydrogen-bond donors (Lipinski definition) is 2. The van der Waals surface area contributed by atoms with Crippen molar-refractivity contribution in [2.24, 2.45) is 7.05 Å². The van der Waals surface area contributed by atoms with Crippen LogP contribution >= 0.6 is 0 Å². The highest BCUT2D eigenvalue weighted by Crippen LogP contribution is 2.14. The number of aromatic nitrogens is 2. The van der Waals surface area contributed by atoms with Gasteiger partial charge in [-0.15, -0.1) is 0 Å². The van der Waals surface area contributed by atoms with E-state index in [9.17, 15) is 22.8 Å². The molecule has 11 heteroatoms. The number of likely N-dealkylation sites (N-methyl/N-ethyl adjacent to an activating group) is 1. The van der Waals surface area contributed by atoms with Gasteiger partial charge in [-0.3, -0.25) is 29.6 Å². The summed E-state index contributed by atoms with van der Waals surface area (Å²) < 4.78 is 29.0. The Morgan fingerprint density at radius 3 is 2.22 bits per heavy atom. The first-order valence-corrected chi connectivity index (χ1v) is 11.3. The van der Waals surface area contributed by atoms with E-state index in [4.69, 9.17) is 0 Å². The fraction of sp³-hybridized carbons (Fsp3) is 0.286. The number of sulfonamides is 1. The number of aryl methyl sites for hydroxylation is 3. The minimum Gasteiger partial charge on any atom is -0.295 e. The van der Waals surface area contributed by atoms with Gasteiger partial charge in [0.25, 0.3) is 5.91 Å². The maximum atomic E-state index is 12.5. The lowest BCUT2D eigenvalue weighted by molar-refractivity contribution is -0.129. The molecular formula is C21H25N5O5S. The molecule has 0 fully saturated rings. The van der Waals surface area contributed by atoms with Gasteiger partial charge in [-0.1, -0.05) is 29.8 Å². The van der Waals surface area contributed by atoms with Crippen LogP contribution in [0.25, 0.3) is 11.0 Å². The summed E-state index contributed by atoms with van der Waals surface area (Å²) in [4.78, 5) is 36.7. The first kappa shape index (κ1) is 23.2. The predicted molar refractivity (Wildman–Crippen MR) is 119 cm³/mol. The van der Waals surface area contributed by atoms with Gasteiger partial charge in [0, 0.05) is 27.1 Å². The van der Waals surface area contributed by atoms with Crippen LogP contribution in [0.2, 0.25) is 0 Å². The van der Waals surface area contributed by atoms with Crippen molar-refractivity contribution < 1.29 is 18.0 Å². The first-order chi connectivity index (χ1) is 15.1. The van der Waals surface area contributed by atoms with Crippen molar-refractivity contribution in [1.29, 1.82) is 0 Å². The highest BCUT2D eigenvalue weighted by molar-refractivity contribution is 7.89. The number of hydrazine groups is 1. The smallest absolute Gasteiger partial charge is 0.295 e. The number of nitrogens with one attached hydrogen (secondary N) is 2. The topological polar surface area (TPSA) is 123 Å². The average Bonchev–Trinajstić information content (AvgIpc) is 3.01. The van der Waals surface area contributed by atoms with Crippen molar-refractivity contribution in [2.45, 2.75) is 24.8 Å². The molecule has 0 saturated carbocycles. The van der Waals surface area contributed by atoms with Crippen LogP contribution in [0.3, 0.4) is 0 Å². The van der Waals surface area contributed by atoms with Gasteiger partial charge in [-0.05, 0) is 31.2 Å². The van der Waals surface area contributed by atoms with E-state index in [-0.39, 0.29) is 23.6 Å². The molecule has 3 aromatic rings. The Balaban J connectivity index is 1.53. The molecule has 2 N–H and O–H groups in total. The third-order valence-corrected chi connectivity index (χ3v) is 6.87. The second-order valence-electron chi connectivity index (χ2n) is 7.40. The molecule has 1 aromatic heterocycles. The zero-order valence-corrected chi connectivity index (χ0v) is 18.8. The van der Waals surface area contributed by atoms with Crippen LogP contribution in [0.5, 0.6) is 0 Å². The number of carbonyl (C=O) groups excluding carboxylic acids is 2. The highest BCUT2D eigenvalue weighted by Gasteiger charge is 2.23. The highest BCUT2D eigenvalue weighted by atomic mass is 32.2. The molecule has 2 aromatic carbocycles. The molecule has 2 amide bonds. The molecule has 0 bridgehead atoms. The molecule has 3 rings (SSSR count). The van der Waals surface area contributed by atoms with Crippen LogP contribution in [0.1, 0.15) is 12.0 Å². The summed E-state index contributed by atoms with van der Waals surface area (Å²) in [6.45, 7) is 1.50. The van der Waals surface area contributed by atoms with E-state index in [1.807, 2.05) is 19.1 Å². The third kappa shape index (κ3) is 4.89. The number of rotatable bonds is 7. The molecular weight excluding hydrogens is 434 g/mol. The molecule has 0 radical (unpaired) electrons. The third-order valence-electron chi connectivity index (χ3n) is 5.05. The van der Waals surface area contributed by atoms with Gasteiger partial charge in [0.2, 0.25) is 15.9 Å². The number of imidazole rings is 1. The lowest BCUT2D eigenvalue weighted by atomic mass is 10.2. The number of nitrogens with zero attached hydrogens (tertiary/aromatic N) is 3. The summed E-state index contributed by atoms with van der Waals surface area (Å²) in [5.41, 5.74) is 6.58. The Morgan fingerprint density at radius 1 is 0.969 bits per heavy atom. The minimum absolute atomic E-state index is 0.0499. The maximum Gasteiger partial charge on any atom is 0.328 e. The summed E-state index contributed by atoms with van der Waals surface area (Å²) in [5.74, 6) is -1.21. The Hall–Kier alpha value is -3.44. The van der Waals surface area contributed by atoms with Gasteiger partial charge in [0.05, 0.1) is 22.5 Å². The fourth-order valence-corrected chi connectivity index (χ4v) is 4.34. The monoisotopic (exact) mass is 459 g/mol. The van der Waals surface area contributed by atoms with Crippen LogP contribution < -0.4 is 16.5 Å². The Bertz CT molecular complexity index is 1310. The Labute approximate surface area is 185 Å². The first-order valence-electron chi connectivity index (χ1n) is 9.86. The van der Waals surface area contributed by atoms with Crippen LogP contribution in [0.15, 0.2) is 58.2 Å². The molecule has 10 nitrogen and oxygen atoms in total. The van der Waals surface area contributed by atoms with E-state index in [2.05, 4.69) is 10.9 Å². The number of benzene rings is 2. The largest absolute Gasteiger partial charge is 0.328 e. The molecule has 170 valence electrons. The van der Waals surface area contributed by atoms with Crippen LogP contribution in [0.4, 0.5) is 0 Å².